The van der Waals surface area contributed by atoms with Gasteiger partial charge in [0.25, 0.3) is 0 Å². The van der Waals surface area contributed by atoms with Gasteiger partial charge in [-0.15, -0.1) is 0 Å². The number of rotatable bonds is 2. The van der Waals surface area contributed by atoms with Crippen molar-refractivity contribution in [1.29, 1.82) is 0 Å². The van der Waals surface area contributed by atoms with E-state index >= 15 is 0 Å². The van der Waals surface area contributed by atoms with E-state index in [-0.39, 0.29) is 17.5 Å². The van der Waals surface area contributed by atoms with E-state index in [0.29, 0.717) is 15.4 Å². The van der Waals surface area contributed by atoms with Crippen LogP contribution < -0.4 is 5.32 Å². The molecular formula is C24H18Br2N4O2S. The molecule has 0 amide bonds. The van der Waals surface area contributed by atoms with Gasteiger partial charge in [0, 0.05) is 29.2 Å². The quantitative estimate of drug-likeness (QED) is 0.277. The molecule has 2 N–H and O–H groups in total. The summed E-state index contributed by atoms with van der Waals surface area (Å²) >= 11 is 8.51. The molecule has 1 aliphatic heterocycles. The largest absolute Gasteiger partial charge is 0.506 e. The average molecular weight is 586 g/mol. The third-order valence-electron chi connectivity index (χ3n) is 6.25. The fourth-order valence-corrected chi connectivity index (χ4v) is 6.94. The number of carbonyl (C=O) groups is 1. The molecule has 6 nitrogen and oxygen atoms in total. The number of fused-ring (bicyclic) bond motifs is 2. The van der Waals surface area contributed by atoms with Crippen LogP contribution in [-0.4, -0.2) is 25.7 Å². The number of anilines is 1. The molecule has 166 valence electrons. The fraction of sp³-hybridized carbons (Fsp3) is 0.208. The molecule has 0 spiro atoms. The number of aryl methyl sites for hydroxylation is 1. The number of Topliss-reactive ketones (excluding diaryl/α,β-unsaturated/α-hetero) is 1. The highest BCUT2D eigenvalue weighted by Gasteiger charge is 2.39. The number of para-hydroxylation sites is 1. The van der Waals surface area contributed by atoms with Crippen molar-refractivity contribution >= 4 is 65.0 Å². The summed E-state index contributed by atoms with van der Waals surface area (Å²) in [6, 6.07) is 11.8. The van der Waals surface area contributed by atoms with Gasteiger partial charge in [0.05, 0.1) is 24.9 Å². The summed E-state index contributed by atoms with van der Waals surface area (Å²) in [5, 5.41) is 19.5. The van der Waals surface area contributed by atoms with Crippen LogP contribution in [0.15, 0.2) is 56.6 Å². The number of phenolic OH excluding ortho intramolecular Hbond substituents is 1. The van der Waals surface area contributed by atoms with Gasteiger partial charge in [-0.25, -0.2) is 4.98 Å². The molecule has 0 saturated carbocycles. The second-order valence-electron chi connectivity index (χ2n) is 8.28. The summed E-state index contributed by atoms with van der Waals surface area (Å²) in [4.78, 5) is 18.0. The molecule has 2 aromatic heterocycles. The summed E-state index contributed by atoms with van der Waals surface area (Å²) in [5.74, 6) is 0.872. The Morgan fingerprint density at radius 3 is 2.70 bits per heavy atom. The van der Waals surface area contributed by atoms with Crippen molar-refractivity contribution in [2.45, 2.75) is 32.1 Å². The maximum Gasteiger partial charge on any atom is 0.213 e. The number of halogens is 2. The minimum absolute atomic E-state index is 0.138. The first kappa shape index (κ1) is 21.1. The molecule has 33 heavy (non-hydrogen) atoms. The summed E-state index contributed by atoms with van der Waals surface area (Å²) in [6.07, 6.45) is 2.17. The molecule has 9 heteroatoms. The Balaban J connectivity index is 1.60. The predicted octanol–water partition coefficient (Wildman–Crippen LogP) is 6.59. The van der Waals surface area contributed by atoms with Crippen LogP contribution in [0.4, 0.5) is 5.82 Å². The monoisotopic (exact) mass is 584 g/mol. The molecule has 1 atom stereocenters. The molecule has 0 fully saturated rings. The van der Waals surface area contributed by atoms with E-state index in [0.717, 1.165) is 62.1 Å². The topological polar surface area (TPSA) is 80.0 Å². The summed E-state index contributed by atoms with van der Waals surface area (Å²) in [7, 11) is 0. The van der Waals surface area contributed by atoms with Crippen LogP contribution in [0.25, 0.3) is 15.3 Å². The highest BCUT2D eigenvalue weighted by atomic mass is 79.9. The number of aromatic nitrogens is 3. The van der Waals surface area contributed by atoms with Gasteiger partial charge in [-0.1, -0.05) is 23.5 Å². The van der Waals surface area contributed by atoms with Crippen LogP contribution in [0.3, 0.4) is 0 Å². The predicted molar refractivity (Wildman–Crippen MR) is 136 cm³/mol. The molecule has 0 radical (unpaired) electrons. The molecule has 6 rings (SSSR count). The lowest BCUT2D eigenvalue weighted by molar-refractivity contribution is -0.116. The van der Waals surface area contributed by atoms with E-state index < -0.39 is 0 Å². The van der Waals surface area contributed by atoms with E-state index in [1.165, 1.54) is 0 Å². The number of allylic oxidation sites excluding steroid dienone is 2. The molecular weight excluding hydrogens is 568 g/mol. The second kappa shape index (κ2) is 7.78. The summed E-state index contributed by atoms with van der Waals surface area (Å²) in [6.45, 7) is 1.97. The number of benzene rings is 2. The Hall–Kier alpha value is -2.49. The van der Waals surface area contributed by atoms with Crippen LogP contribution in [0, 0.1) is 6.92 Å². The first-order chi connectivity index (χ1) is 15.9. The van der Waals surface area contributed by atoms with Crippen LogP contribution in [0.5, 0.6) is 5.75 Å². The zero-order chi connectivity index (χ0) is 22.9. The number of aromatic hydroxyl groups is 1. The molecule has 2 aliphatic rings. The first-order valence-electron chi connectivity index (χ1n) is 10.6. The van der Waals surface area contributed by atoms with Gasteiger partial charge < -0.3 is 10.4 Å². The highest BCUT2D eigenvalue weighted by Crippen LogP contribution is 2.49. The van der Waals surface area contributed by atoms with Crippen LogP contribution in [-0.2, 0) is 4.79 Å². The van der Waals surface area contributed by atoms with Crippen molar-refractivity contribution in [2.75, 3.05) is 5.32 Å². The molecule has 4 aromatic rings. The number of ketones is 1. The Labute approximate surface area is 210 Å². The van der Waals surface area contributed by atoms with Crippen molar-refractivity contribution in [1.82, 2.24) is 14.8 Å². The number of carbonyl (C=O) groups excluding carboxylic acids is 1. The van der Waals surface area contributed by atoms with Crippen molar-refractivity contribution in [3.8, 4) is 10.9 Å². The molecule has 0 bridgehead atoms. The van der Waals surface area contributed by atoms with E-state index in [9.17, 15) is 9.90 Å². The van der Waals surface area contributed by atoms with Gasteiger partial charge in [-0.2, -0.15) is 9.78 Å². The van der Waals surface area contributed by atoms with Crippen LogP contribution in [0.2, 0.25) is 0 Å². The number of thiazole rings is 1. The number of nitrogens with zero attached hydrogens (tertiary/aromatic N) is 3. The van der Waals surface area contributed by atoms with Gasteiger partial charge in [0.15, 0.2) is 5.78 Å². The Morgan fingerprint density at radius 1 is 1.18 bits per heavy atom. The lowest BCUT2D eigenvalue weighted by Gasteiger charge is -2.33. The zero-order valence-corrected chi connectivity index (χ0v) is 21.5. The van der Waals surface area contributed by atoms with Gasteiger partial charge in [0.1, 0.15) is 11.6 Å². The van der Waals surface area contributed by atoms with E-state index in [1.807, 2.05) is 41.9 Å². The number of hydrogen-bond donors (Lipinski definition) is 2. The maximum absolute atomic E-state index is 13.2. The number of hydrogen-bond acceptors (Lipinski definition) is 6. The molecule has 0 saturated heterocycles. The summed E-state index contributed by atoms with van der Waals surface area (Å²) < 4.78 is 4.12. The Morgan fingerprint density at radius 2 is 1.94 bits per heavy atom. The lowest BCUT2D eigenvalue weighted by atomic mass is 9.76. The van der Waals surface area contributed by atoms with E-state index in [1.54, 1.807) is 11.3 Å². The molecule has 0 unspecified atom stereocenters. The SMILES string of the molecule is Cc1nn(-c2nc3ccccc3s2)c2c1[C@H](c1cc(Br)c(O)c(Br)c1)C1=C(CCCC1=O)N2. The van der Waals surface area contributed by atoms with Gasteiger partial charge >= 0.3 is 0 Å². The van der Waals surface area contributed by atoms with E-state index in [4.69, 9.17) is 10.1 Å². The first-order valence-corrected chi connectivity index (χ1v) is 13.0. The minimum atomic E-state index is -0.277. The van der Waals surface area contributed by atoms with Gasteiger partial charge in [-0.05, 0) is 81.5 Å². The highest BCUT2D eigenvalue weighted by molar-refractivity contribution is 9.11. The maximum atomic E-state index is 13.2. The van der Waals surface area contributed by atoms with E-state index in [2.05, 4.69) is 43.2 Å². The molecule has 2 aromatic carbocycles. The molecule has 1 aliphatic carbocycles. The minimum Gasteiger partial charge on any atom is -0.506 e. The average Bonchev–Trinajstić information content (AvgIpc) is 3.37. The van der Waals surface area contributed by atoms with Crippen molar-refractivity contribution in [3.63, 3.8) is 0 Å². The van der Waals surface area contributed by atoms with Gasteiger partial charge in [0.2, 0.25) is 5.13 Å². The number of phenols is 1. The Kier molecular flexibility index (Phi) is 4.97. The summed E-state index contributed by atoms with van der Waals surface area (Å²) in [5.41, 5.74) is 5.41. The van der Waals surface area contributed by atoms with Crippen LogP contribution in [0.1, 0.15) is 42.0 Å². The standard InChI is InChI=1S/C24H18Br2N4O2S/c1-11-19-20(12-9-13(25)22(32)14(26)10-12)21-16(6-4-7-17(21)31)27-23(19)30(29-11)24-28-15-5-2-3-8-18(15)33-24/h2-3,5,8-10,20,27,32H,4,6-7H2,1H3/t20-/m0/s1. The number of nitrogens with one attached hydrogen (secondary N) is 1. The third-order valence-corrected chi connectivity index (χ3v) is 8.47. The Bertz CT molecular complexity index is 1450. The molecule has 3 heterocycles. The van der Waals surface area contributed by atoms with Crippen molar-refractivity contribution in [2.24, 2.45) is 0 Å². The smallest absolute Gasteiger partial charge is 0.213 e. The fourth-order valence-electron chi connectivity index (χ4n) is 4.80. The lowest BCUT2D eigenvalue weighted by Crippen LogP contribution is -2.27. The third kappa shape index (κ3) is 3.28. The zero-order valence-electron chi connectivity index (χ0n) is 17.5. The second-order valence-corrected chi connectivity index (χ2v) is 11.0. The van der Waals surface area contributed by atoms with Crippen molar-refractivity contribution < 1.29 is 9.90 Å². The van der Waals surface area contributed by atoms with Gasteiger partial charge in [-0.3, -0.25) is 4.79 Å². The normalized spacial score (nSPS) is 17.8. The van der Waals surface area contributed by atoms with Crippen molar-refractivity contribution in [3.05, 3.63) is 73.4 Å². The van der Waals surface area contributed by atoms with Crippen LogP contribution >= 0.6 is 43.2 Å².